The van der Waals surface area contributed by atoms with Gasteiger partial charge in [-0.3, -0.25) is 4.79 Å². The first kappa shape index (κ1) is 17.8. The summed E-state index contributed by atoms with van der Waals surface area (Å²) in [5.74, 6) is -0.209. The average Bonchev–Trinajstić information content (AvgIpc) is 2.76. The van der Waals surface area contributed by atoms with E-state index < -0.39 is 0 Å². The molecule has 2 aromatic rings. The van der Waals surface area contributed by atoms with E-state index in [1.54, 1.807) is 12.1 Å². The molecule has 0 saturated carbocycles. The van der Waals surface area contributed by atoms with Gasteiger partial charge in [0.1, 0.15) is 4.99 Å². The Bertz CT molecular complexity index is 889. The molecule has 1 amide bonds. The van der Waals surface area contributed by atoms with E-state index in [0.717, 1.165) is 10.2 Å². The molecular formula is C20H19BrN2OS. The number of thiocarbonyl (C=S) groups is 1. The van der Waals surface area contributed by atoms with Crippen molar-refractivity contribution in [1.29, 1.82) is 0 Å². The molecule has 25 heavy (non-hydrogen) atoms. The number of likely N-dealkylation sites (N-methyl/N-ethyl adjacent to an activating group) is 1. The fraction of sp³-hybridized carbons (Fsp3) is 0.200. The van der Waals surface area contributed by atoms with Crippen LogP contribution in [-0.2, 0) is 5.41 Å². The van der Waals surface area contributed by atoms with Crippen LogP contribution in [0.25, 0.3) is 0 Å². The predicted octanol–water partition coefficient (Wildman–Crippen LogP) is 4.82. The molecule has 1 heterocycles. The van der Waals surface area contributed by atoms with E-state index in [1.165, 1.54) is 11.3 Å². The maximum Gasteiger partial charge on any atom is 0.256 e. The number of hydrogen-bond acceptors (Lipinski definition) is 3. The number of amides is 1. The van der Waals surface area contributed by atoms with E-state index in [-0.39, 0.29) is 11.3 Å². The molecule has 0 fully saturated rings. The normalized spacial score (nSPS) is 16.6. The maximum absolute atomic E-state index is 12.4. The molecule has 0 aliphatic carbocycles. The Kier molecular flexibility index (Phi) is 4.80. The molecule has 5 heteroatoms. The summed E-state index contributed by atoms with van der Waals surface area (Å²) in [5, 5.41) is 2.80. The van der Waals surface area contributed by atoms with Crippen molar-refractivity contribution in [2.45, 2.75) is 19.3 Å². The summed E-state index contributed by atoms with van der Waals surface area (Å²) in [5.41, 5.74) is 3.88. The molecular weight excluding hydrogens is 396 g/mol. The fourth-order valence-corrected chi connectivity index (χ4v) is 3.84. The van der Waals surface area contributed by atoms with Crippen LogP contribution in [0.5, 0.6) is 0 Å². The van der Waals surface area contributed by atoms with Gasteiger partial charge in [0.25, 0.3) is 5.91 Å². The van der Waals surface area contributed by atoms with Gasteiger partial charge in [-0.2, -0.15) is 0 Å². The Morgan fingerprint density at radius 1 is 1.20 bits per heavy atom. The van der Waals surface area contributed by atoms with Gasteiger partial charge in [0.15, 0.2) is 0 Å². The first-order valence-electron chi connectivity index (χ1n) is 7.97. The van der Waals surface area contributed by atoms with Crippen molar-refractivity contribution in [2.75, 3.05) is 11.9 Å². The smallest absolute Gasteiger partial charge is 0.256 e. The molecule has 1 aliphatic heterocycles. The fourth-order valence-electron chi connectivity index (χ4n) is 3.23. The van der Waals surface area contributed by atoms with Gasteiger partial charge < -0.3 is 10.2 Å². The van der Waals surface area contributed by atoms with Gasteiger partial charge in [-0.25, -0.2) is 0 Å². The van der Waals surface area contributed by atoms with Crippen molar-refractivity contribution in [1.82, 2.24) is 5.32 Å². The lowest BCUT2D eigenvalue weighted by Gasteiger charge is -2.24. The summed E-state index contributed by atoms with van der Waals surface area (Å²) in [6.07, 6.45) is 1.88. The van der Waals surface area contributed by atoms with Crippen LogP contribution >= 0.6 is 28.1 Å². The highest BCUT2D eigenvalue weighted by atomic mass is 79.9. The number of allylic oxidation sites excluding steroid dienone is 1. The standard InChI is InChI=1S/C20H19BrN2OS/c1-20(2)15-9-4-5-10-16(15)23(3)17(20)12-18(25)22-19(24)13-7-6-8-14(21)11-13/h4-12H,1-3H3,(H,22,24,25)/b17-12-. The lowest BCUT2D eigenvalue weighted by atomic mass is 9.84. The molecule has 1 aliphatic rings. The minimum atomic E-state index is -0.209. The first-order valence-corrected chi connectivity index (χ1v) is 9.17. The van der Waals surface area contributed by atoms with Gasteiger partial charge in [0, 0.05) is 33.9 Å². The molecule has 3 rings (SSSR count). The Hall–Kier alpha value is -1.98. The van der Waals surface area contributed by atoms with E-state index in [1.807, 2.05) is 37.4 Å². The zero-order valence-electron chi connectivity index (χ0n) is 14.3. The molecule has 0 spiro atoms. The predicted molar refractivity (Wildman–Crippen MR) is 110 cm³/mol. The molecule has 3 nitrogen and oxygen atoms in total. The van der Waals surface area contributed by atoms with Crippen molar-refractivity contribution in [2.24, 2.45) is 0 Å². The van der Waals surface area contributed by atoms with Crippen LogP contribution in [0.4, 0.5) is 5.69 Å². The van der Waals surface area contributed by atoms with Crippen LogP contribution in [0.2, 0.25) is 0 Å². The van der Waals surface area contributed by atoms with E-state index in [9.17, 15) is 4.79 Å². The monoisotopic (exact) mass is 414 g/mol. The number of hydrogen-bond donors (Lipinski definition) is 1. The lowest BCUT2D eigenvalue weighted by Crippen LogP contribution is -2.31. The second-order valence-corrected chi connectivity index (χ2v) is 7.91. The Balaban J connectivity index is 1.84. The third-order valence-electron chi connectivity index (χ3n) is 4.53. The van der Waals surface area contributed by atoms with Crippen LogP contribution in [0.1, 0.15) is 29.8 Å². The van der Waals surface area contributed by atoms with Gasteiger partial charge >= 0.3 is 0 Å². The second kappa shape index (κ2) is 6.73. The molecule has 1 N–H and O–H groups in total. The number of fused-ring (bicyclic) bond motifs is 1. The van der Waals surface area contributed by atoms with Crippen LogP contribution in [0.3, 0.4) is 0 Å². The summed E-state index contributed by atoms with van der Waals surface area (Å²) in [6.45, 7) is 4.33. The van der Waals surface area contributed by atoms with Crippen molar-refractivity contribution in [3.05, 3.63) is 75.9 Å². The third-order valence-corrected chi connectivity index (χ3v) is 5.24. The van der Waals surface area contributed by atoms with E-state index >= 15 is 0 Å². The zero-order valence-corrected chi connectivity index (χ0v) is 16.7. The number of anilines is 1. The topological polar surface area (TPSA) is 32.3 Å². The number of rotatable bonds is 2. The molecule has 0 aromatic heterocycles. The average molecular weight is 415 g/mol. The molecule has 128 valence electrons. The number of nitrogens with one attached hydrogen (secondary N) is 1. The summed E-state index contributed by atoms with van der Waals surface area (Å²) in [7, 11) is 2.03. The molecule has 2 aromatic carbocycles. The number of para-hydroxylation sites is 1. The minimum absolute atomic E-state index is 0.171. The van der Waals surface area contributed by atoms with E-state index in [4.69, 9.17) is 12.2 Å². The lowest BCUT2D eigenvalue weighted by molar-refractivity contribution is 0.0978. The van der Waals surface area contributed by atoms with Gasteiger partial charge in [-0.15, -0.1) is 0 Å². The van der Waals surface area contributed by atoms with Gasteiger partial charge in [0.05, 0.1) is 0 Å². The van der Waals surface area contributed by atoms with Gasteiger partial charge in [-0.1, -0.05) is 66.3 Å². The molecule has 0 saturated heterocycles. The number of carbonyl (C=O) groups excluding carboxylic acids is 1. The zero-order chi connectivity index (χ0) is 18.2. The molecule has 0 unspecified atom stereocenters. The third kappa shape index (κ3) is 3.39. The van der Waals surface area contributed by atoms with E-state index in [2.05, 4.69) is 52.1 Å². The van der Waals surface area contributed by atoms with Crippen molar-refractivity contribution in [3.8, 4) is 0 Å². The SMILES string of the molecule is CN1/C(=C\C(=S)NC(=O)c2cccc(Br)c2)C(C)(C)c2ccccc21. The highest BCUT2D eigenvalue weighted by Crippen LogP contribution is 2.46. The van der Waals surface area contributed by atoms with Gasteiger partial charge in [0.2, 0.25) is 0 Å². The largest absolute Gasteiger partial charge is 0.347 e. The summed E-state index contributed by atoms with van der Waals surface area (Å²) in [6, 6.07) is 15.5. The second-order valence-electron chi connectivity index (χ2n) is 6.56. The van der Waals surface area contributed by atoms with E-state index in [0.29, 0.717) is 10.6 Å². The van der Waals surface area contributed by atoms with Crippen LogP contribution in [0, 0.1) is 0 Å². The number of carbonyl (C=O) groups is 1. The summed E-state index contributed by atoms with van der Waals surface area (Å²) in [4.78, 5) is 14.9. The quantitative estimate of drug-likeness (QED) is 0.564. The molecule has 0 bridgehead atoms. The highest BCUT2D eigenvalue weighted by Gasteiger charge is 2.38. The molecule has 0 radical (unpaired) electrons. The van der Waals surface area contributed by atoms with Crippen molar-refractivity contribution in [3.63, 3.8) is 0 Å². The highest BCUT2D eigenvalue weighted by molar-refractivity contribution is 9.10. The minimum Gasteiger partial charge on any atom is -0.347 e. The van der Waals surface area contributed by atoms with Crippen LogP contribution in [0.15, 0.2) is 64.8 Å². The Morgan fingerprint density at radius 2 is 1.92 bits per heavy atom. The Labute approximate surface area is 161 Å². The summed E-state index contributed by atoms with van der Waals surface area (Å²) < 4.78 is 0.858. The van der Waals surface area contributed by atoms with Crippen molar-refractivity contribution >= 4 is 44.7 Å². The summed E-state index contributed by atoms with van der Waals surface area (Å²) >= 11 is 8.79. The number of benzene rings is 2. The maximum atomic E-state index is 12.4. The Morgan fingerprint density at radius 3 is 2.60 bits per heavy atom. The van der Waals surface area contributed by atoms with Crippen molar-refractivity contribution < 1.29 is 4.79 Å². The number of nitrogens with zero attached hydrogens (tertiary/aromatic N) is 1. The molecule has 0 atom stereocenters. The number of halogens is 1. The van der Waals surface area contributed by atoms with Crippen LogP contribution < -0.4 is 10.2 Å². The van der Waals surface area contributed by atoms with Gasteiger partial charge in [-0.05, 0) is 35.9 Å². The van der Waals surface area contributed by atoms with Crippen LogP contribution in [-0.4, -0.2) is 17.9 Å². The first-order chi connectivity index (χ1) is 11.8.